The quantitative estimate of drug-likeness (QED) is 0.473. The number of nitrogens with zero attached hydrogens (tertiary/aromatic N) is 3. The number of thioether (sulfide) groups is 1. The second-order valence-electron chi connectivity index (χ2n) is 5.69. The SMILES string of the molecule is O=C(CSc1nncn1-c1cccc(Cl)c1)NCCCc1ccccc1. The molecule has 1 aromatic heterocycles. The number of carbonyl (C=O) groups excluding carboxylic acids is 1. The minimum Gasteiger partial charge on any atom is -0.355 e. The predicted molar refractivity (Wildman–Crippen MR) is 105 cm³/mol. The van der Waals surface area contributed by atoms with Crippen molar-refractivity contribution in [2.45, 2.75) is 18.0 Å². The van der Waals surface area contributed by atoms with Crippen molar-refractivity contribution in [1.29, 1.82) is 0 Å². The molecule has 0 aliphatic carbocycles. The van der Waals surface area contributed by atoms with Crippen LogP contribution in [0.3, 0.4) is 0 Å². The molecule has 0 aliphatic rings. The van der Waals surface area contributed by atoms with Crippen LogP contribution >= 0.6 is 23.4 Å². The van der Waals surface area contributed by atoms with E-state index in [1.54, 1.807) is 6.33 Å². The van der Waals surface area contributed by atoms with Crippen LogP contribution in [0.15, 0.2) is 66.1 Å². The summed E-state index contributed by atoms with van der Waals surface area (Å²) in [5, 5.41) is 12.3. The van der Waals surface area contributed by atoms with Gasteiger partial charge in [0.1, 0.15) is 6.33 Å². The first-order valence-electron chi connectivity index (χ1n) is 8.32. The second-order valence-corrected chi connectivity index (χ2v) is 7.07. The van der Waals surface area contributed by atoms with Gasteiger partial charge in [0, 0.05) is 11.6 Å². The van der Waals surface area contributed by atoms with E-state index in [1.807, 2.05) is 47.0 Å². The molecule has 0 spiro atoms. The van der Waals surface area contributed by atoms with Crippen molar-refractivity contribution < 1.29 is 4.79 Å². The summed E-state index contributed by atoms with van der Waals surface area (Å²) in [6, 6.07) is 17.7. The van der Waals surface area contributed by atoms with Crippen molar-refractivity contribution >= 4 is 29.3 Å². The van der Waals surface area contributed by atoms with Crippen LogP contribution in [0.1, 0.15) is 12.0 Å². The number of halogens is 1. The zero-order chi connectivity index (χ0) is 18.2. The third kappa shape index (κ3) is 5.34. The molecule has 0 unspecified atom stereocenters. The number of hydrogen-bond acceptors (Lipinski definition) is 4. The fourth-order valence-corrected chi connectivity index (χ4v) is 3.42. The van der Waals surface area contributed by atoms with Crippen LogP contribution in [0.25, 0.3) is 5.69 Å². The zero-order valence-electron chi connectivity index (χ0n) is 14.1. The molecular weight excluding hydrogens is 368 g/mol. The minimum absolute atomic E-state index is 0.0105. The van der Waals surface area contributed by atoms with E-state index in [0.717, 1.165) is 18.5 Å². The van der Waals surface area contributed by atoms with E-state index in [4.69, 9.17) is 11.6 Å². The Hall–Kier alpha value is -2.31. The van der Waals surface area contributed by atoms with Crippen molar-refractivity contribution in [3.8, 4) is 5.69 Å². The maximum Gasteiger partial charge on any atom is 0.230 e. The summed E-state index contributed by atoms with van der Waals surface area (Å²) in [6.07, 6.45) is 3.49. The smallest absolute Gasteiger partial charge is 0.230 e. The number of aryl methyl sites for hydroxylation is 1. The lowest BCUT2D eigenvalue weighted by atomic mass is 10.1. The molecule has 26 heavy (non-hydrogen) atoms. The maximum absolute atomic E-state index is 12.0. The first-order chi connectivity index (χ1) is 12.7. The topological polar surface area (TPSA) is 59.8 Å². The molecule has 1 N–H and O–H groups in total. The molecule has 0 aliphatic heterocycles. The van der Waals surface area contributed by atoms with Gasteiger partial charge in [-0.2, -0.15) is 0 Å². The second kappa shape index (κ2) is 9.40. The molecule has 0 saturated heterocycles. The summed E-state index contributed by atoms with van der Waals surface area (Å²) >= 11 is 7.38. The van der Waals surface area contributed by atoms with E-state index in [0.29, 0.717) is 22.5 Å². The van der Waals surface area contributed by atoms with Crippen LogP contribution in [-0.4, -0.2) is 33.0 Å². The number of amides is 1. The molecule has 1 amide bonds. The molecule has 0 radical (unpaired) electrons. The molecule has 0 fully saturated rings. The maximum atomic E-state index is 12.0. The monoisotopic (exact) mass is 386 g/mol. The number of rotatable bonds is 8. The van der Waals surface area contributed by atoms with Gasteiger partial charge >= 0.3 is 0 Å². The van der Waals surface area contributed by atoms with Crippen LogP contribution < -0.4 is 5.32 Å². The molecule has 5 nitrogen and oxygen atoms in total. The lowest BCUT2D eigenvalue weighted by Gasteiger charge is -2.07. The van der Waals surface area contributed by atoms with E-state index in [-0.39, 0.29) is 5.91 Å². The number of hydrogen-bond donors (Lipinski definition) is 1. The molecule has 0 bridgehead atoms. The summed E-state index contributed by atoms with van der Waals surface area (Å²) in [5.74, 6) is 0.286. The van der Waals surface area contributed by atoms with Crippen molar-refractivity contribution in [2.75, 3.05) is 12.3 Å². The Labute approximate surface area is 161 Å². The first kappa shape index (κ1) is 18.5. The van der Waals surface area contributed by atoms with Gasteiger partial charge in [-0.3, -0.25) is 9.36 Å². The first-order valence-corrected chi connectivity index (χ1v) is 9.68. The van der Waals surface area contributed by atoms with Crippen LogP contribution in [0.2, 0.25) is 5.02 Å². The average Bonchev–Trinajstić information content (AvgIpc) is 3.13. The largest absolute Gasteiger partial charge is 0.355 e. The van der Waals surface area contributed by atoms with Gasteiger partial charge in [-0.1, -0.05) is 59.8 Å². The summed E-state index contributed by atoms with van der Waals surface area (Å²) < 4.78 is 1.82. The lowest BCUT2D eigenvalue weighted by molar-refractivity contribution is -0.118. The van der Waals surface area contributed by atoms with Crippen molar-refractivity contribution in [1.82, 2.24) is 20.1 Å². The molecule has 1 heterocycles. The van der Waals surface area contributed by atoms with E-state index in [1.165, 1.54) is 17.3 Å². The number of benzene rings is 2. The fourth-order valence-electron chi connectivity index (χ4n) is 2.47. The summed E-state index contributed by atoms with van der Waals surface area (Å²) in [5.41, 5.74) is 2.15. The van der Waals surface area contributed by atoms with Crippen LogP contribution in [0, 0.1) is 0 Å². The molecule has 2 aromatic carbocycles. The highest BCUT2D eigenvalue weighted by Gasteiger charge is 2.10. The molecular formula is C19H19ClN4OS. The Kier molecular flexibility index (Phi) is 6.68. The Morgan fingerprint density at radius 3 is 2.81 bits per heavy atom. The standard InChI is InChI=1S/C19H19ClN4OS/c20-16-9-4-10-17(12-16)24-14-22-23-19(24)26-13-18(25)21-11-5-8-15-6-2-1-3-7-15/h1-4,6-7,9-10,12,14H,5,8,11,13H2,(H,21,25). The molecule has 0 atom stereocenters. The average molecular weight is 387 g/mol. The number of carbonyl (C=O) groups is 1. The summed E-state index contributed by atoms with van der Waals surface area (Å²) in [6.45, 7) is 0.662. The molecule has 0 saturated carbocycles. The normalized spacial score (nSPS) is 10.7. The molecule has 3 rings (SSSR count). The Balaban J connectivity index is 1.44. The van der Waals surface area contributed by atoms with E-state index in [9.17, 15) is 4.79 Å². The minimum atomic E-state index is -0.0105. The fraction of sp³-hybridized carbons (Fsp3) is 0.211. The van der Waals surface area contributed by atoms with Gasteiger partial charge < -0.3 is 5.32 Å². The third-order valence-electron chi connectivity index (χ3n) is 3.74. The van der Waals surface area contributed by atoms with Crippen LogP contribution in [0.4, 0.5) is 0 Å². The van der Waals surface area contributed by atoms with Gasteiger partial charge in [-0.15, -0.1) is 10.2 Å². The van der Waals surface area contributed by atoms with E-state index in [2.05, 4.69) is 27.6 Å². The van der Waals surface area contributed by atoms with Gasteiger partial charge in [0.25, 0.3) is 0 Å². The summed E-state index contributed by atoms with van der Waals surface area (Å²) in [4.78, 5) is 12.0. The third-order valence-corrected chi connectivity index (χ3v) is 4.92. The lowest BCUT2D eigenvalue weighted by Crippen LogP contribution is -2.26. The van der Waals surface area contributed by atoms with E-state index < -0.39 is 0 Å². The van der Waals surface area contributed by atoms with Crippen molar-refractivity contribution in [2.24, 2.45) is 0 Å². The van der Waals surface area contributed by atoms with Crippen LogP contribution in [0.5, 0.6) is 0 Å². The van der Waals surface area contributed by atoms with Crippen LogP contribution in [-0.2, 0) is 11.2 Å². The highest BCUT2D eigenvalue weighted by molar-refractivity contribution is 7.99. The number of nitrogens with one attached hydrogen (secondary N) is 1. The highest BCUT2D eigenvalue weighted by Crippen LogP contribution is 2.21. The zero-order valence-corrected chi connectivity index (χ0v) is 15.7. The summed E-state index contributed by atoms with van der Waals surface area (Å²) in [7, 11) is 0. The highest BCUT2D eigenvalue weighted by atomic mass is 35.5. The molecule has 7 heteroatoms. The molecule has 3 aromatic rings. The predicted octanol–water partition coefficient (Wildman–Crippen LogP) is 3.76. The Morgan fingerprint density at radius 1 is 1.15 bits per heavy atom. The number of aromatic nitrogens is 3. The van der Waals surface area contributed by atoms with Gasteiger partial charge in [0.2, 0.25) is 5.91 Å². The Morgan fingerprint density at radius 2 is 2.00 bits per heavy atom. The van der Waals surface area contributed by atoms with Gasteiger partial charge in [0.15, 0.2) is 5.16 Å². The van der Waals surface area contributed by atoms with Crippen molar-refractivity contribution in [3.63, 3.8) is 0 Å². The Bertz CT molecular complexity index is 854. The molecule has 134 valence electrons. The van der Waals surface area contributed by atoms with Gasteiger partial charge in [0.05, 0.1) is 11.4 Å². The van der Waals surface area contributed by atoms with E-state index >= 15 is 0 Å². The van der Waals surface area contributed by atoms with Gasteiger partial charge in [-0.25, -0.2) is 0 Å². The van der Waals surface area contributed by atoms with Gasteiger partial charge in [-0.05, 0) is 36.6 Å². The van der Waals surface area contributed by atoms with Crippen molar-refractivity contribution in [3.05, 3.63) is 71.5 Å².